The molecule has 0 aromatic carbocycles. The third-order valence-electron chi connectivity index (χ3n) is 4.64. The molecule has 9 nitrogen and oxygen atoms in total. The summed E-state index contributed by atoms with van der Waals surface area (Å²) in [6.07, 6.45) is 3.95. The van der Waals surface area contributed by atoms with E-state index >= 15 is 0 Å². The summed E-state index contributed by atoms with van der Waals surface area (Å²) in [5, 5.41) is 0. The summed E-state index contributed by atoms with van der Waals surface area (Å²) in [5.74, 6) is 0.499. The number of nitrogens with zero attached hydrogens (tertiary/aromatic N) is 6. The number of anilines is 1. The molecule has 1 aromatic rings. The van der Waals surface area contributed by atoms with Crippen LogP contribution in [0.15, 0.2) is 12.4 Å². The fourth-order valence-electron chi connectivity index (χ4n) is 3.03. The highest BCUT2D eigenvalue weighted by Crippen LogP contribution is 2.12. The Morgan fingerprint density at radius 1 is 0.920 bits per heavy atom. The maximum Gasteiger partial charge on any atom is 0.257 e. The third-order valence-corrected chi connectivity index (χ3v) is 4.64. The van der Waals surface area contributed by atoms with Crippen LogP contribution in [0.1, 0.15) is 17.3 Å². The summed E-state index contributed by atoms with van der Waals surface area (Å²) >= 11 is 0. The van der Waals surface area contributed by atoms with Crippen molar-refractivity contribution >= 4 is 24.2 Å². The van der Waals surface area contributed by atoms with Gasteiger partial charge in [-0.3, -0.25) is 14.4 Å². The smallest absolute Gasteiger partial charge is 0.257 e. The minimum absolute atomic E-state index is 0.0365. The Hall–Kier alpha value is -2.71. The Morgan fingerprint density at radius 3 is 2.00 bits per heavy atom. The first-order chi connectivity index (χ1) is 12.1. The standard InChI is InChI=1S/C16H22N6O3/c1-13(24)20-6-8-21(9-7-20)15(25)14-10-17-16(18-11-14)22-4-2-19(12-23)3-5-22/h10-12H,2-9H2,1H3. The zero-order valence-electron chi connectivity index (χ0n) is 14.3. The number of piperazine rings is 2. The van der Waals surface area contributed by atoms with Crippen molar-refractivity contribution in [3.05, 3.63) is 18.0 Å². The fraction of sp³-hybridized carbons (Fsp3) is 0.562. The lowest BCUT2D eigenvalue weighted by Gasteiger charge is -2.34. The fourth-order valence-corrected chi connectivity index (χ4v) is 3.03. The first-order valence-electron chi connectivity index (χ1n) is 8.39. The van der Waals surface area contributed by atoms with Crippen LogP contribution in [-0.4, -0.2) is 95.3 Å². The average Bonchev–Trinajstić information content (AvgIpc) is 2.67. The van der Waals surface area contributed by atoms with Crippen LogP contribution in [0.4, 0.5) is 5.95 Å². The minimum Gasteiger partial charge on any atom is -0.342 e. The average molecular weight is 346 g/mol. The van der Waals surface area contributed by atoms with Gasteiger partial charge in [-0.2, -0.15) is 0 Å². The second-order valence-corrected chi connectivity index (χ2v) is 6.20. The molecule has 2 aliphatic heterocycles. The van der Waals surface area contributed by atoms with Crippen molar-refractivity contribution in [1.29, 1.82) is 0 Å². The Labute approximate surface area is 146 Å². The maximum absolute atomic E-state index is 12.5. The van der Waals surface area contributed by atoms with Crippen LogP contribution in [0, 0.1) is 0 Å². The molecule has 1 aromatic heterocycles. The van der Waals surface area contributed by atoms with E-state index in [0.717, 1.165) is 6.41 Å². The molecule has 0 bridgehead atoms. The summed E-state index contributed by atoms with van der Waals surface area (Å²) in [5.41, 5.74) is 0.451. The Balaban J connectivity index is 1.58. The molecule has 3 rings (SSSR count). The molecule has 2 aliphatic rings. The second kappa shape index (κ2) is 7.45. The molecule has 0 spiro atoms. The van der Waals surface area contributed by atoms with Gasteiger partial charge in [-0.1, -0.05) is 0 Å². The predicted octanol–water partition coefficient (Wildman–Crippen LogP) is -0.941. The Morgan fingerprint density at radius 2 is 1.48 bits per heavy atom. The van der Waals surface area contributed by atoms with Crippen LogP contribution in [0.3, 0.4) is 0 Å². The molecular formula is C16H22N6O3. The van der Waals surface area contributed by atoms with Gasteiger partial charge >= 0.3 is 0 Å². The number of carbonyl (C=O) groups is 3. The van der Waals surface area contributed by atoms with Crippen LogP contribution in [-0.2, 0) is 9.59 Å². The van der Waals surface area contributed by atoms with E-state index in [4.69, 9.17) is 0 Å². The number of carbonyl (C=O) groups excluding carboxylic acids is 3. The molecule has 0 radical (unpaired) electrons. The van der Waals surface area contributed by atoms with E-state index in [1.165, 1.54) is 0 Å². The molecular weight excluding hydrogens is 324 g/mol. The van der Waals surface area contributed by atoms with E-state index in [1.807, 2.05) is 4.90 Å². The molecule has 2 saturated heterocycles. The zero-order chi connectivity index (χ0) is 17.8. The normalized spacial score (nSPS) is 18.3. The van der Waals surface area contributed by atoms with Gasteiger partial charge in [-0.25, -0.2) is 9.97 Å². The van der Waals surface area contributed by atoms with E-state index < -0.39 is 0 Å². The molecule has 0 unspecified atom stereocenters. The number of rotatable bonds is 3. The summed E-state index contributed by atoms with van der Waals surface area (Å²) in [4.78, 5) is 50.4. The lowest BCUT2D eigenvalue weighted by Crippen LogP contribution is -2.50. The van der Waals surface area contributed by atoms with E-state index in [0.29, 0.717) is 63.9 Å². The Kier molecular flexibility index (Phi) is 5.11. The highest BCUT2D eigenvalue weighted by molar-refractivity contribution is 5.93. The Bertz CT molecular complexity index is 634. The van der Waals surface area contributed by atoms with Crippen LogP contribution >= 0.6 is 0 Å². The number of aromatic nitrogens is 2. The van der Waals surface area contributed by atoms with Crippen molar-refractivity contribution in [3.8, 4) is 0 Å². The predicted molar refractivity (Wildman–Crippen MR) is 90.0 cm³/mol. The van der Waals surface area contributed by atoms with Gasteiger partial charge in [0.15, 0.2) is 0 Å². The molecule has 0 saturated carbocycles. The van der Waals surface area contributed by atoms with Gasteiger partial charge < -0.3 is 19.6 Å². The quantitative estimate of drug-likeness (QED) is 0.656. The molecule has 25 heavy (non-hydrogen) atoms. The largest absolute Gasteiger partial charge is 0.342 e. The lowest BCUT2D eigenvalue weighted by molar-refractivity contribution is -0.130. The van der Waals surface area contributed by atoms with Gasteiger partial charge in [-0.15, -0.1) is 0 Å². The van der Waals surface area contributed by atoms with Crippen molar-refractivity contribution in [2.24, 2.45) is 0 Å². The summed E-state index contributed by atoms with van der Waals surface area (Å²) in [6, 6.07) is 0. The molecule has 0 aliphatic carbocycles. The summed E-state index contributed by atoms with van der Waals surface area (Å²) in [6.45, 7) is 6.35. The van der Waals surface area contributed by atoms with Crippen LogP contribution < -0.4 is 4.90 Å². The van der Waals surface area contributed by atoms with Gasteiger partial charge in [0.1, 0.15) is 0 Å². The molecule has 9 heteroatoms. The molecule has 2 fully saturated rings. The van der Waals surface area contributed by atoms with Gasteiger partial charge in [0.05, 0.1) is 5.56 Å². The van der Waals surface area contributed by atoms with E-state index in [9.17, 15) is 14.4 Å². The van der Waals surface area contributed by atoms with Gasteiger partial charge in [0.25, 0.3) is 5.91 Å². The lowest BCUT2D eigenvalue weighted by atomic mass is 10.2. The SMILES string of the molecule is CC(=O)N1CCN(C(=O)c2cnc(N3CCN(C=O)CC3)nc2)CC1. The van der Waals surface area contributed by atoms with Gasteiger partial charge in [0, 0.05) is 71.7 Å². The van der Waals surface area contributed by atoms with Crippen molar-refractivity contribution in [2.75, 3.05) is 57.3 Å². The molecule has 0 N–H and O–H groups in total. The minimum atomic E-state index is -0.111. The highest BCUT2D eigenvalue weighted by Gasteiger charge is 2.24. The first-order valence-corrected chi connectivity index (χ1v) is 8.39. The van der Waals surface area contributed by atoms with Crippen LogP contribution in [0.5, 0.6) is 0 Å². The summed E-state index contributed by atoms with van der Waals surface area (Å²) in [7, 11) is 0. The first kappa shape index (κ1) is 17.1. The van der Waals surface area contributed by atoms with Gasteiger partial charge in [-0.05, 0) is 0 Å². The molecule has 134 valence electrons. The highest BCUT2D eigenvalue weighted by atomic mass is 16.2. The van der Waals surface area contributed by atoms with Crippen molar-refractivity contribution < 1.29 is 14.4 Å². The second-order valence-electron chi connectivity index (χ2n) is 6.20. The summed E-state index contributed by atoms with van der Waals surface area (Å²) < 4.78 is 0. The molecule has 3 amide bonds. The van der Waals surface area contributed by atoms with E-state index in [-0.39, 0.29) is 11.8 Å². The zero-order valence-corrected chi connectivity index (χ0v) is 14.3. The van der Waals surface area contributed by atoms with Crippen molar-refractivity contribution in [2.45, 2.75) is 6.92 Å². The number of hydrogen-bond acceptors (Lipinski definition) is 6. The van der Waals surface area contributed by atoms with Crippen molar-refractivity contribution in [3.63, 3.8) is 0 Å². The monoisotopic (exact) mass is 346 g/mol. The number of hydrogen-bond donors (Lipinski definition) is 0. The van der Waals surface area contributed by atoms with Gasteiger partial charge in [0.2, 0.25) is 18.3 Å². The molecule has 0 atom stereocenters. The van der Waals surface area contributed by atoms with E-state index in [1.54, 1.807) is 34.0 Å². The van der Waals surface area contributed by atoms with Crippen molar-refractivity contribution in [1.82, 2.24) is 24.7 Å². The van der Waals surface area contributed by atoms with E-state index in [2.05, 4.69) is 9.97 Å². The van der Waals surface area contributed by atoms with Crippen LogP contribution in [0.2, 0.25) is 0 Å². The number of amides is 3. The maximum atomic E-state index is 12.5. The third kappa shape index (κ3) is 3.86. The molecule has 3 heterocycles. The topological polar surface area (TPSA) is 90.0 Å². The van der Waals surface area contributed by atoms with Crippen LogP contribution in [0.25, 0.3) is 0 Å².